The number of hydrogen-bond donors (Lipinski definition) is 1. The fourth-order valence-corrected chi connectivity index (χ4v) is 1.95. The Labute approximate surface area is 63.4 Å². The van der Waals surface area contributed by atoms with E-state index in [0.717, 1.165) is 6.42 Å². The van der Waals surface area contributed by atoms with E-state index >= 15 is 0 Å². The standard InChI is InChI=1S/C9H18O/c1-9(2,3)7-5-4-6-8(7)10/h7-8,10H,4-6H2,1-3H3/t7-,8+/m1/s1. The molecular weight excluding hydrogens is 124 g/mol. The van der Waals surface area contributed by atoms with Crippen molar-refractivity contribution in [2.75, 3.05) is 0 Å². The summed E-state index contributed by atoms with van der Waals surface area (Å²) in [4.78, 5) is 0. The summed E-state index contributed by atoms with van der Waals surface area (Å²) in [5.74, 6) is 0.535. The fourth-order valence-electron chi connectivity index (χ4n) is 1.95. The first-order chi connectivity index (χ1) is 4.52. The molecule has 1 fully saturated rings. The molecule has 1 aliphatic carbocycles. The molecule has 2 atom stereocenters. The summed E-state index contributed by atoms with van der Waals surface area (Å²) in [7, 11) is 0. The van der Waals surface area contributed by atoms with Crippen LogP contribution in [-0.2, 0) is 0 Å². The molecule has 0 unspecified atom stereocenters. The van der Waals surface area contributed by atoms with Crippen molar-refractivity contribution in [2.45, 2.75) is 46.1 Å². The van der Waals surface area contributed by atoms with Gasteiger partial charge in [0.15, 0.2) is 0 Å². The minimum absolute atomic E-state index is 0.0278. The molecule has 0 saturated heterocycles. The van der Waals surface area contributed by atoms with E-state index in [0.29, 0.717) is 11.3 Å². The van der Waals surface area contributed by atoms with E-state index in [9.17, 15) is 5.11 Å². The lowest BCUT2D eigenvalue weighted by Gasteiger charge is -2.29. The maximum atomic E-state index is 9.52. The van der Waals surface area contributed by atoms with E-state index in [1.807, 2.05) is 0 Å². The van der Waals surface area contributed by atoms with Crippen LogP contribution in [0.3, 0.4) is 0 Å². The second-order valence-corrected chi connectivity index (χ2v) is 4.47. The van der Waals surface area contributed by atoms with Crippen LogP contribution in [-0.4, -0.2) is 11.2 Å². The van der Waals surface area contributed by atoms with Gasteiger partial charge >= 0.3 is 0 Å². The number of hydrogen-bond acceptors (Lipinski definition) is 1. The van der Waals surface area contributed by atoms with Gasteiger partial charge in [-0.25, -0.2) is 0 Å². The Morgan fingerprint density at radius 3 is 2.00 bits per heavy atom. The predicted molar refractivity (Wildman–Crippen MR) is 42.8 cm³/mol. The summed E-state index contributed by atoms with van der Waals surface area (Å²) in [6, 6.07) is 0. The summed E-state index contributed by atoms with van der Waals surface area (Å²) in [6.45, 7) is 6.64. The van der Waals surface area contributed by atoms with Gasteiger partial charge in [0.2, 0.25) is 0 Å². The van der Waals surface area contributed by atoms with Gasteiger partial charge in [-0.3, -0.25) is 0 Å². The fraction of sp³-hybridized carbons (Fsp3) is 1.00. The minimum atomic E-state index is -0.0278. The maximum absolute atomic E-state index is 9.52. The summed E-state index contributed by atoms with van der Waals surface area (Å²) in [5.41, 5.74) is 0.302. The Morgan fingerprint density at radius 2 is 1.80 bits per heavy atom. The maximum Gasteiger partial charge on any atom is 0.0573 e. The lowest BCUT2D eigenvalue weighted by Crippen LogP contribution is -2.27. The van der Waals surface area contributed by atoms with Crippen molar-refractivity contribution in [3.63, 3.8) is 0 Å². The van der Waals surface area contributed by atoms with Gasteiger partial charge in [-0.1, -0.05) is 27.2 Å². The molecule has 0 radical (unpaired) electrons. The molecule has 0 spiro atoms. The van der Waals surface area contributed by atoms with Gasteiger partial charge in [0.25, 0.3) is 0 Å². The second kappa shape index (κ2) is 2.54. The largest absolute Gasteiger partial charge is 0.393 e. The van der Waals surface area contributed by atoms with Gasteiger partial charge in [-0.15, -0.1) is 0 Å². The van der Waals surface area contributed by atoms with E-state index < -0.39 is 0 Å². The molecule has 10 heavy (non-hydrogen) atoms. The second-order valence-electron chi connectivity index (χ2n) is 4.47. The molecule has 0 bridgehead atoms. The van der Waals surface area contributed by atoms with Crippen molar-refractivity contribution >= 4 is 0 Å². The molecule has 1 N–H and O–H groups in total. The van der Waals surface area contributed by atoms with Gasteiger partial charge in [-0.2, -0.15) is 0 Å². The normalized spacial score (nSPS) is 34.8. The smallest absolute Gasteiger partial charge is 0.0573 e. The Kier molecular flexibility index (Phi) is 2.04. The third-order valence-corrected chi connectivity index (χ3v) is 2.59. The zero-order valence-corrected chi connectivity index (χ0v) is 7.22. The van der Waals surface area contributed by atoms with E-state index in [4.69, 9.17) is 0 Å². The molecule has 60 valence electrons. The molecule has 1 saturated carbocycles. The monoisotopic (exact) mass is 142 g/mol. The van der Waals surface area contributed by atoms with Crippen LogP contribution in [0.5, 0.6) is 0 Å². The summed E-state index contributed by atoms with van der Waals surface area (Å²) in [6.07, 6.45) is 3.41. The Hall–Kier alpha value is -0.0400. The van der Waals surface area contributed by atoms with Gasteiger partial charge < -0.3 is 5.11 Å². The summed E-state index contributed by atoms with van der Waals surface area (Å²) in [5, 5.41) is 9.52. The first-order valence-electron chi connectivity index (χ1n) is 4.20. The quantitative estimate of drug-likeness (QED) is 0.549. The summed E-state index contributed by atoms with van der Waals surface area (Å²) < 4.78 is 0. The highest BCUT2D eigenvalue weighted by Crippen LogP contribution is 2.38. The van der Waals surface area contributed by atoms with Crippen LogP contribution in [0.4, 0.5) is 0 Å². The molecule has 1 rings (SSSR count). The highest BCUT2D eigenvalue weighted by molar-refractivity contribution is 4.85. The average Bonchev–Trinajstić information content (AvgIpc) is 2.11. The lowest BCUT2D eigenvalue weighted by atomic mass is 9.79. The van der Waals surface area contributed by atoms with Crippen LogP contribution >= 0.6 is 0 Å². The van der Waals surface area contributed by atoms with Gasteiger partial charge in [0.05, 0.1) is 6.10 Å². The molecule has 1 aliphatic rings. The average molecular weight is 142 g/mol. The third-order valence-electron chi connectivity index (χ3n) is 2.59. The Balaban J connectivity index is 2.55. The van der Waals surface area contributed by atoms with Gasteiger partial charge in [0.1, 0.15) is 0 Å². The molecule has 0 aromatic carbocycles. The van der Waals surface area contributed by atoms with E-state index in [1.165, 1.54) is 12.8 Å². The van der Waals surface area contributed by atoms with Crippen molar-refractivity contribution in [1.82, 2.24) is 0 Å². The zero-order chi connectivity index (χ0) is 7.78. The number of aliphatic hydroxyl groups excluding tert-OH is 1. The molecule has 0 heterocycles. The Morgan fingerprint density at radius 1 is 1.20 bits per heavy atom. The molecule has 0 amide bonds. The van der Waals surface area contributed by atoms with Crippen LogP contribution in [0, 0.1) is 11.3 Å². The number of rotatable bonds is 0. The van der Waals surface area contributed by atoms with Crippen LogP contribution in [0.2, 0.25) is 0 Å². The van der Waals surface area contributed by atoms with E-state index in [-0.39, 0.29) is 6.10 Å². The lowest BCUT2D eigenvalue weighted by molar-refractivity contribution is 0.0684. The predicted octanol–water partition coefficient (Wildman–Crippen LogP) is 2.19. The van der Waals surface area contributed by atoms with Crippen molar-refractivity contribution < 1.29 is 5.11 Å². The minimum Gasteiger partial charge on any atom is -0.393 e. The molecule has 1 nitrogen and oxygen atoms in total. The van der Waals surface area contributed by atoms with Gasteiger partial charge in [0, 0.05) is 0 Å². The molecule has 0 aliphatic heterocycles. The van der Waals surface area contributed by atoms with Crippen molar-refractivity contribution in [1.29, 1.82) is 0 Å². The van der Waals surface area contributed by atoms with E-state index in [2.05, 4.69) is 20.8 Å². The van der Waals surface area contributed by atoms with Crippen LogP contribution < -0.4 is 0 Å². The van der Waals surface area contributed by atoms with Crippen LogP contribution in [0.15, 0.2) is 0 Å². The molecular formula is C9H18O. The summed E-state index contributed by atoms with van der Waals surface area (Å²) >= 11 is 0. The molecule has 1 heteroatoms. The van der Waals surface area contributed by atoms with Crippen LogP contribution in [0.1, 0.15) is 40.0 Å². The van der Waals surface area contributed by atoms with Crippen molar-refractivity contribution in [2.24, 2.45) is 11.3 Å². The zero-order valence-electron chi connectivity index (χ0n) is 7.22. The molecule has 0 aromatic rings. The highest BCUT2D eigenvalue weighted by atomic mass is 16.3. The van der Waals surface area contributed by atoms with Crippen molar-refractivity contribution in [3.8, 4) is 0 Å². The van der Waals surface area contributed by atoms with Gasteiger partial charge in [-0.05, 0) is 24.2 Å². The highest BCUT2D eigenvalue weighted by Gasteiger charge is 2.34. The first-order valence-corrected chi connectivity index (χ1v) is 4.20. The van der Waals surface area contributed by atoms with Crippen molar-refractivity contribution in [3.05, 3.63) is 0 Å². The van der Waals surface area contributed by atoms with Crippen LogP contribution in [0.25, 0.3) is 0 Å². The van der Waals surface area contributed by atoms with E-state index in [1.54, 1.807) is 0 Å². The SMILES string of the molecule is CC(C)(C)[C@@H]1CCC[C@@H]1O. The molecule has 0 aromatic heterocycles. The number of aliphatic hydroxyl groups is 1. The Bertz CT molecular complexity index is 112. The first kappa shape index (κ1) is 8.06. The topological polar surface area (TPSA) is 20.2 Å². The third kappa shape index (κ3) is 1.51.